The third-order valence-electron chi connectivity index (χ3n) is 5.67. The molecule has 1 spiro atoms. The number of benzene rings is 1. The fourth-order valence-electron chi connectivity index (χ4n) is 4.21. The summed E-state index contributed by atoms with van der Waals surface area (Å²) in [6.45, 7) is 3.99. The summed E-state index contributed by atoms with van der Waals surface area (Å²) in [6, 6.07) is 13.0. The minimum absolute atomic E-state index is 0.159. The number of hydrogen-bond acceptors (Lipinski definition) is 3. The molecule has 0 aliphatic carbocycles. The van der Waals surface area contributed by atoms with Gasteiger partial charge in [0, 0.05) is 12.7 Å². The third kappa shape index (κ3) is 4.07. The van der Waals surface area contributed by atoms with Crippen LogP contribution in [0.25, 0.3) is 0 Å². The summed E-state index contributed by atoms with van der Waals surface area (Å²) >= 11 is 0. The predicted molar refractivity (Wildman–Crippen MR) is 95.6 cm³/mol. The highest BCUT2D eigenvalue weighted by Crippen LogP contribution is 2.42. The smallest absolute Gasteiger partial charge is 0.123 e. The van der Waals surface area contributed by atoms with Crippen molar-refractivity contribution in [1.82, 2.24) is 9.88 Å². The van der Waals surface area contributed by atoms with Gasteiger partial charge in [0.25, 0.3) is 0 Å². The molecule has 2 saturated heterocycles. The number of aromatic nitrogens is 1. The zero-order valence-corrected chi connectivity index (χ0v) is 14.5. The quantitative estimate of drug-likeness (QED) is 0.846. The molecule has 3 heterocycles. The van der Waals surface area contributed by atoms with Crippen LogP contribution in [-0.4, -0.2) is 35.7 Å². The molecule has 0 bridgehead atoms. The topological polar surface area (TPSA) is 25.4 Å². The monoisotopic (exact) mass is 340 g/mol. The molecule has 2 aromatic rings. The van der Waals surface area contributed by atoms with E-state index in [1.165, 1.54) is 18.9 Å². The van der Waals surface area contributed by atoms with Crippen molar-refractivity contribution in [3.8, 4) is 0 Å². The molecule has 0 saturated carbocycles. The molecular formula is C21H25FN2O. The van der Waals surface area contributed by atoms with Gasteiger partial charge in [-0.1, -0.05) is 18.2 Å². The van der Waals surface area contributed by atoms with Crippen LogP contribution in [0.5, 0.6) is 0 Å². The minimum atomic E-state index is -0.159. The average molecular weight is 340 g/mol. The highest BCUT2D eigenvalue weighted by atomic mass is 19.1. The van der Waals surface area contributed by atoms with E-state index in [0.29, 0.717) is 5.41 Å². The number of likely N-dealkylation sites (tertiary alicyclic amines) is 1. The van der Waals surface area contributed by atoms with Crippen molar-refractivity contribution in [3.05, 3.63) is 65.7 Å². The zero-order chi connectivity index (χ0) is 17.1. The predicted octanol–water partition coefficient (Wildman–Crippen LogP) is 3.83. The number of piperidine rings is 1. The van der Waals surface area contributed by atoms with Crippen LogP contribution in [0.4, 0.5) is 4.39 Å². The maximum absolute atomic E-state index is 13.4. The van der Waals surface area contributed by atoms with Crippen LogP contribution in [0.1, 0.15) is 30.5 Å². The second kappa shape index (κ2) is 7.22. The van der Waals surface area contributed by atoms with Crippen molar-refractivity contribution in [2.24, 2.45) is 5.41 Å². The number of rotatable bonds is 4. The lowest BCUT2D eigenvalue weighted by atomic mass is 9.76. The van der Waals surface area contributed by atoms with Gasteiger partial charge in [0.2, 0.25) is 0 Å². The zero-order valence-electron chi connectivity index (χ0n) is 14.5. The van der Waals surface area contributed by atoms with Gasteiger partial charge in [-0.3, -0.25) is 9.88 Å². The summed E-state index contributed by atoms with van der Waals surface area (Å²) in [5, 5.41) is 0. The molecule has 0 N–H and O–H groups in total. The molecule has 2 aliphatic heterocycles. The normalized spacial score (nSPS) is 23.2. The fraction of sp³-hybridized carbons (Fsp3) is 0.476. The SMILES string of the molecule is Fc1cccc(CC2CC3(CCN(Cc4ccccn4)CC3)CO2)c1. The van der Waals surface area contributed by atoms with Gasteiger partial charge in [-0.2, -0.15) is 0 Å². The maximum Gasteiger partial charge on any atom is 0.123 e. The second-order valence-corrected chi connectivity index (χ2v) is 7.57. The van der Waals surface area contributed by atoms with Crippen LogP contribution in [-0.2, 0) is 17.7 Å². The van der Waals surface area contributed by atoms with Crippen LogP contribution in [0.3, 0.4) is 0 Å². The van der Waals surface area contributed by atoms with Crippen LogP contribution in [0, 0.1) is 11.2 Å². The van der Waals surface area contributed by atoms with E-state index >= 15 is 0 Å². The number of pyridine rings is 1. The van der Waals surface area contributed by atoms with Crippen LogP contribution >= 0.6 is 0 Å². The molecule has 4 rings (SSSR count). The van der Waals surface area contributed by atoms with E-state index in [-0.39, 0.29) is 11.9 Å². The van der Waals surface area contributed by atoms with Crippen LogP contribution in [0.2, 0.25) is 0 Å². The standard InChI is InChI=1S/C21H25FN2O/c22-18-5-3-4-17(12-18)13-20-14-21(16-25-20)7-10-24(11-8-21)15-19-6-1-2-9-23-19/h1-6,9,12,20H,7-8,10-11,13-16H2. The fourth-order valence-corrected chi connectivity index (χ4v) is 4.21. The maximum atomic E-state index is 13.4. The molecule has 1 atom stereocenters. The Bertz CT molecular complexity index is 698. The first-order valence-corrected chi connectivity index (χ1v) is 9.19. The van der Waals surface area contributed by atoms with E-state index in [1.807, 2.05) is 18.3 Å². The van der Waals surface area contributed by atoms with E-state index in [1.54, 1.807) is 12.1 Å². The minimum Gasteiger partial charge on any atom is -0.377 e. The molecule has 1 unspecified atom stereocenters. The van der Waals surface area contributed by atoms with Gasteiger partial charge in [-0.05, 0) is 74.0 Å². The van der Waals surface area contributed by atoms with Gasteiger partial charge in [-0.15, -0.1) is 0 Å². The number of hydrogen-bond donors (Lipinski definition) is 0. The van der Waals surface area contributed by atoms with Crippen molar-refractivity contribution in [1.29, 1.82) is 0 Å². The molecule has 0 radical (unpaired) electrons. The Kier molecular flexibility index (Phi) is 4.82. The van der Waals surface area contributed by atoms with Gasteiger partial charge in [0.1, 0.15) is 5.82 Å². The summed E-state index contributed by atoms with van der Waals surface area (Å²) in [6.07, 6.45) is 6.36. The Balaban J connectivity index is 1.30. The lowest BCUT2D eigenvalue weighted by Gasteiger charge is -2.38. The summed E-state index contributed by atoms with van der Waals surface area (Å²) in [5.74, 6) is -0.159. The van der Waals surface area contributed by atoms with Gasteiger partial charge >= 0.3 is 0 Å². The molecule has 1 aromatic heterocycles. The molecule has 0 amide bonds. The first kappa shape index (κ1) is 16.7. The second-order valence-electron chi connectivity index (χ2n) is 7.57. The lowest BCUT2D eigenvalue weighted by molar-refractivity contribution is 0.0628. The largest absolute Gasteiger partial charge is 0.377 e. The molecule has 25 heavy (non-hydrogen) atoms. The Morgan fingerprint density at radius 1 is 1.16 bits per heavy atom. The molecule has 132 valence electrons. The van der Waals surface area contributed by atoms with Crippen molar-refractivity contribution in [2.75, 3.05) is 19.7 Å². The summed E-state index contributed by atoms with van der Waals surface area (Å²) in [7, 11) is 0. The van der Waals surface area contributed by atoms with E-state index in [2.05, 4.69) is 22.0 Å². The molecule has 1 aromatic carbocycles. The first-order chi connectivity index (χ1) is 12.2. The van der Waals surface area contributed by atoms with Crippen molar-refractivity contribution in [3.63, 3.8) is 0 Å². The summed E-state index contributed by atoms with van der Waals surface area (Å²) in [4.78, 5) is 6.92. The van der Waals surface area contributed by atoms with E-state index < -0.39 is 0 Å². The van der Waals surface area contributed by atoms with Crippen molar-refractivity contribution in [2.45, 2.75) is 38.3 Å². The number of nitrogens with zero attached hydrogens (tertiary/aromatic N) is 2. The number of halogens is 1. The summed E-state index contributed by atoms with van der Waals surface area (Å²) in [5.41, 5.74) is 2.50. The van der Waals surface area contributed by atoms with E-state index in [9.17, 15) is 4.39 Å². The van der Waals surface area contributed by atoms with Crippen LogP contribution in [0.15, 0.2) is 48.7 Å². The highest BCUT2D eigenvalue weighted by molar-refractivity contribution is 5.17. The van der Waals surface area contributed by atoms with Gasteiger partial charge in [0.05, 0.1) is 18.4 Å². The molecule has 2 aliphatic rings. The van der Waals surface area contributed by atoms with Crippen molar-refractivity contribution < 1.29 is 9.13 Å². The Morgan fingerprint density at radius 3 is 2.80 bits per heavy atom. The molecule has 3 nitrogen and oxygen atoms in total. The molecule has 4 heteroatoms. The van der Waals surface area contributed by atoms with Crippen LogP contribution < -0.4 is 0 Å². The first-order valence-electron chi connectivity index (χ1n) is 9.19. The molecule has 2 fully saturated rings. The third-order valence-corrected chi connectivity index (χ3v) is 5.67. The number of ether oxygens (including phenoxy) is 1. The Morgan fingerprint density at radius 2 is 2.04 bits per heavy atom. The summed E-state index contributed by atoms with van der Waals surface area (Å²) < 4.78 is 19.5. The van der Waals surface area contributed by atoms with Gasteiger partial charge in [0.15, 0.2) is 0 Å². The van der Waals surface area contributed by atoms with E-state index in [0.717, 1.165) is 50.3 Å². The van der Waals surface area contributed by atoms with Crippen molar-refractivity contribution >= 4 is 0 Å². The van der Waals surface area contributed by atoms with Gasteiger partial charge < -0.3 is 4.74 Å². The lowest BCUT2D eigenvalue weighted by Crippen LogP contribution is -2.40. The van der Waals surface area contributed by atoms with Gasteiger partial charge in [-0.25, -0.2) is 4.39 Å². The Labute approximate surface area is 148 Å². The highest BCUT2D eigenvalue weighted by Gasteiger charge is 2.42. The molecular weight excluding hydrogens is 315 g/mol. The van der Waals surface area contributed by atoms with E-state index in [4.69, 9.17) is 4.74 Å². The average Bonchev–Trinajstić information content (AvgIpc) is 3.01. The Hall–Kier alpha value is -1.78.